The Bertz CT molecular complexity index is 812. The Balaban J connectivity index is 1.92. The van der Waals surface area contributed by atoms with Crippen LogP contribution < -0.4 is 20.1 Å². The van der Waals surface area contributed by atoms with Gasteiger partial charge in [0.1, 0.15) is 23.0 Å². The topological polar surface area (TPSA) is 117 Å². The summed E-state index contributed by atoms with van der Waals surface area (Å²) in [4.78, 5) is 24.7. The van der Waals surface area contributed by atoms with Crippen LogP contribution in [0.3, 0.4) is 0 Å². The van der Waals surface area contributed by atoms with E-state index >= 15 is 0 Å². The molecule has 2 amide bonds. The fourth-order valence-electron chi connectivity index (χ4n) is 2.89. The maximum atomic E-state index is 12.4. The molecule has 0 bridgehead atoms. The van der Waals surface area contributed by atoms with E-state index in [1.165, 1.54) is 24.3 Å². The molecule has 162 valence electrons. The maximum Gasteiger partial charge on any atom is 0.224 e. The summed E-state index contributed by atoms with van der Waals surface area (Å²) < 4.78 is 10.9. The zero-order valence-electron chi connectivity index (χ0n) is 17.4. The highest BCUT2D eigenvalue weighted by atomic mass is 16.5. The van der Waals surface area contributed by atoms with Gasteiger partial charge in [0.2, 0.25) is 11.8 Å². The van der Waals surface area contributed by atoms with Gasteiger partial charge >= 0.3 is 0 Å². The molecule has 0 saturated heterocycles. The predicted molar refractivity (Wildman–Crippen MR) is 114 cm³/mol. The van der Waals surface area contributed by atoms with Gasteiger partial charge < -0.3 is 30.3 Å². The van der Waals surface area contributed by atoms with Gasteiger partial charge in [-0.05, 0) is 44.0 Å². The number of carbonyl (C=O) groups excluding carboxylic acids is 2. The standard InChI is InChI=1S/C22H28N2O6/c1-4-29-19-12-15(25)6-8-17(19)23-21(27)10-14(3)11-22(28)24-18-9-7-16(26)13-20(18)30-5-2/h6-9,12-14,25-26H,4-5,10-11H2,1-3H3,(H,23,27)(H,24,28). The van der Waals surface area contributed by atoms with E-state index in [9.17, 15) is 19.8 Å². The van der Waals surface area contributed by atoms with E-state index in [1.54, 1.807) is 32.9 Å². The van der Waals surface area contributed by atoms with Crippen molar-refractivity contribution in [1.29, 1.82) is 0 Å². The number of nitrogens with one attached hydrogen (secondary N) is 2. The summed E-state index contributed by atoms with van der Waals surface area (Å²) in [5, 5.41) is 24.7. The molecule has 8 nitrogen and oxygen atoms in total. The van der Waals surface area contributed by atoms with Crippen LogP contribution in [0.4, 0.5) is 11.4 Å². The van der Waals surface area contributed by atoms with Gasteiger partial charge in [-0.2, -0.15) is 0 Å². The van der Waals surface area contributed by atoms with Gasteiger partial charge in [0, 0.05) is 25.0 Å². The van der Waals surface area contributed by atoms with Crippen LogP contribution in [-0.2, 0) is 9.59 Å². The summed E-state index contributed by atoms with van der Waals surface area (Å²) in [6, 6.07) is 8.92. The minimum absolute atomic E-state index is 0.0436. The molecular weight excluding hydrogens is 388 g/mol. The summed E-state index contributed by atoms with van der Waals surface area (Å²) >= 11 is 0. The second-order valence-electron chi connectivity index (χ2n) is 6.84. The lowest BCUT2D eigenvalue weighted by Gasteiger charge is -2.15. The number of rotatable bonds is 10. The fraction of sp³-hybridized carbons (Fsp3) is 0.364. The average Bonchev–Trinajstić information content (AvgIpc) is 2.66. The number of phenolic OH excluding ortho intramolecular Hbond substituents is 2. The second kappa shape index (κ2) is 10.9. The number of benzene rings is 2. The molecule has 0 radical (unpaired) electrons. The lowest BCUT2D eigenvalue weighted by atomic mass is 10.0. The smallest absolute Gasteiger partial charge is 0.224 e. The largest absolute Gasteiger partial charge is 0.508 e. The van der Waals surface area contributed by atoms with E-state index in [2.05, 4.69) is 10.6 Å². The molecule has 0 atom stereocenters. The van der Waals surface area contributed by atoms with E-state index in [0.717, 1.165) is 0 Å². The van der Waals surface area contributed by atoms with Crippen LogP contribution in [0, 0.1) is 5.92 Å². The number of hydrogen-bond donors (Lipinski definition) is 4. The molecule has 2 rings (SSSR count). The molecule has 0 heterocycles. The van der Waals surface area contributed by atoms with Crippen molar-refractivity contribution in [3.63, 3.8) is 0 Å². The van der Waals surface area contributed by atoms with Gasteiger partial charge in [-0.3, -0.25) is 9.59 Å². The van der Waals surface area contributed by atoms with Crippen LogP contribution in [-0.4, -0.2) is 35.2 Å². The molecule has 0 aliphatic heterocycles. The number of ether oxygens (including phenoxy) is 2. The zero-order chi connectivity index (χ0) is 22.1. The van der Waals surface area contributed by atoms with Crippen LogP contribution in [0.2, 0.25) is 0 Å². The van der Waals surface area contributed by atoms with E-state index < -0.39 is 0 Å². The summed E-state index contributed by atoms with van der Waals surface area (Å²) in [7, 11) is 0. The lowest BCUT2D eigenvalue weighted by Crippen LogP contribution is -2.20. The molecular formula is C22H28N2O6. The van der Waals surface area contributed by atoms with Crippen molar-refractivity contribution < 1.29 is 29.3 Å². The highest BCUT2D eigenvalue weighted by molar-refractivity contribution is 5.95. The summed E-state index contributed by atoms with van der Waals surface area (Å²) in [5.74, 6) is 0.108. The maximum absolute atomic E-state index is 12.4. The number of phenols is 2. The number of amides is 2. The van der Waals surface area contributed by atoms with Gasteiger partial charge in [-0.15, -0.1) is 0 Å². The number of aromatic hydroxyl groups is 2. The minimum atomic E-state index is -0.262. The molecule has 0 aliphatic carbocycles. The Morgan fingerprint density at radius 2 is 1.23 bits per heavy atom. The van der Waals surface area contributed by atoms with Crippen molar-refractivity contribution in [2.45, 2.75) is 33.6 Å². The van der Waals surface area contributed by atoms with E-state index in [-0.39, 0.29) is 42.1 Å². The monoisotopic (exact) mass is 416 g/mol. The zero-order valence-corrected chi connectivity index (χ0v) is 17.4. The molecule has 0 aromatic heterocycles. The molecule has 0 aliphatic rings. The molecule has 0 fully saturated rings. The second-order valence-corrected chi connectivity index (χ2v) is 6.84. The summed E-state index contributed by atoms with van der Waals surface area (Å²) in [5.41, 5.74) is 0.920. The van der Waals surface area contributed by atoms with Crippen molar-refractivity contribution in [1.82, 2.24) is 0 Å². The third kappa shape index (κ3) is 6.88. The Morgan fingerprint density at radius 3 is 1.60 bits per heavy atom. The molecule has 8 heteroatoms. The predicted octanol–water partition coefficient (Wildman–Crippen LogP) is 3.89. The quantitative estimate of drug-likeness (QED) is 0.437. The number of hydrogen-bond acceptors (Lipinski definition) is 6. The molecule has 0 saturated carbocycles. The highest BCUT2D eigenvalue weighted by Gasteiger charge is 2.17. The highest BCUT2D eigenvalue weighted by Crippen LogP contribution is 2.30. The van der Waals surface area contributed by atoms with Gasteiger partial charge in [0.05, 0.1) is 24.6 Å². The van der Waals surface area contributed by atoms with Crippen LogP contribution in [0.5, 0.6) is 23.0 Å². The molecule has 2 aromatic rings. The van der Waals surface area contributed by atoms with E-state index in [1.807, 2.05) is 0 Å². The first-order valence-corrected chi connectivity index (χ1v) is 9.83. The van der Waals surface area contributed by atoms with Crippen molar-refractivity contribution in [3.8, 4) is 23.0 Å². The first-order chi connectivity index (χ1) is 14.3. The summed E-state index contributed by atoms with van der Waals surface area (Å²) in [6.45, 7) is 6.20. The first kappa shape index (κ1) is 22.9. The third-order valence-electron chi connectivity index (χ3n) is 4.15. The minimum Gasteiger partial charge on any atom is -0.508 e. The average molecular weight is 416 g/mol. The van der Waals surface area contributed by atoms with Crippen molar-refractivity contribution in [2.75, 3.05) is 23.8 Å². The number of carbonyl (C=O) groups is 2. The van der Waals surface area contributed by atoms with Crippen LogP contribution in [0.1, 0.15) is 33.6 Å². The SMILES string of the molecule is CCOc1cc(O)ccc1NC(=O)CC(C)CC(=O)Nc1ccc(O)cc1OCC. The van der Waals surface area contributed by atoms with Crippen LogP contribution in [0.25, 0.3) is 0 Å². The number of anilines is 2. The van der Waals surface area contributed by atoms with Crippen molar-refractivity contribution in [2.24, 2.45) is 5.92 Å². The van der Waals surface area contributed by atoms with Gasteiger partial charge in [0.25, 0.3) is 0 Å². The molecule has 0 unspecified atom stereocenters. The summed E-state index contributed by atoms with van der Waals surface area (Å²) in [6.07, 6.45) is 0.265. The lowest BCUT2D eigenvalue weighted by molar-refractivity contribution is -0.118. The van der Waals surface area contributed by atoms with Crippen LogP contribution in [0.15, 0.2) is 36.4 Å². The van der Waals surface area contributed by atoms with E-state index in [4.69, 9.17) is 9.47 Å². The normalized spacial score (nSPS) is 10.5. The molecule has 2 aromatic carbocycles. The fourth-order valence-corrected chi connectivity index (χ4v) is 2.89. The van der Waals surface area contributed by atoms with Gasteiger partial charge in [-0.1, -0.05) is 6.92 Å². The van der Waals surface area contributed by atoms with Gasteiger partial charge in [0.15, 0.2) is 0 Å². The Kier molecular flexibility index (Phi) is 8.34. The van der Waals surface area contributed by atoms with Crippen molar-refractivity contribution >= 4 is 23.2 Å². The Labute approximate surface area is 175 Å². The van der Waals surface area contributed by atoms with Gasteiger partial charge in [-0.25, -0.2) is 0 Å². The van der Waals surface area contributed by atoms with Crippen LogP contribution >= 0.6 is 0 Å². The molecule has 4 N–H and O–H groups in total. The molecule has 0 spiro atoms. The third-order valence-corrected chi connectivity index (χ3v) is 4.15. The van der Waals surface area contributed by atoms with Crippen molar-refractivity contribution in [3.05, 3.63) is 36.4 Å². The van der Waals surface area contributed by atoms with E-state index in [0.29, 0.717) is 36.1 Å². The Hall–Kier alpha value is -3.42. The molecule has 30 heavy (non-hydrogen) atoms. The Morgan fingerprint density at radius 1 is 0.833 bits per heavy atom. The first-order valence-electron chi connectivity index (χ1n) is 9.83.